The summed E-state index contributed by atoms with van der Waals surface area (Å²) in [5.41, 5.74) is 0.832. The highest BCUT2D eigenvalue weighted by atomic mass is 16.2. The fourth-order valence-electron chi connectivity index (χ4n) is 2.92. The molecule has 3 rings (SSSR count). The van der Waals surface area contributed by atoms with Gasteiger partial charge in [0.25, 0.3) is 5.91 Å². The van der Waals surface area contributed by atoms with Crippen LogP contribution in [-0.4, -0.2) is 29.8 Å². The minimum Gasteiger partial charge on any atom is -0.352 e. The topological polar surface area (TPSA) is 87.3 Å². The highest BCUT2D eigenvalue weighted by Gasteiger charge is 2.30. The monoisotopic (exact) mass is 381 g/mol. The van der Waals surface area contributed by atoms with E-state index in [9.17, 15) is 14.4 Å². The number of carbonyl (C=O) groups excluding carboxylic acids is 3. The van der Waals surface area contributed by atoms with Gasteiger partial charge in [-0.2, -0.15) is 0 Å². The molecular weight excluding hydrogens is 354 g/mol. The van der Waals surface area contributed by atoms with Crippen LogP contribution in [0, 0.1) is 5.92 Å². The Morgan fingerprint density at radius 1 is 1.04 bits per heavy atom. The second kappa shape index (κ2) is 8.42. The van der Waals surface area contributed by atoms with Crippen LogP contribution in [0.4, 0.5) is 5.69 Å². The second-order valence-electron chi connectivity index (χ2n) is 7.52. The van der Waals surface area contributed by atoms with Crippen molar-refractivity contribution in [3.8, 4) is 0 Å². The first-order valence-electron chi connectivity index (χ1n) is 9.84. The van der Waals surface area contributed by atoms with Crippen molar-refractivity contribution in [3.05, 3.63) is 42.0 Å². The largest absolute Gasteiger partial charge is 0.352 e. The third-order valence-corrected chi connectivity index (χ3v) is 5.08. The Morgan fingerprint density at radius 3 is 2.29 bits per heavy atom. The molecule has 0 radical (unpaired) electrons. The average molecular weight is 381 g/mol. The number of amides is 3. The highest BCUT2D eigenvalue weighted by Crippen LogP contribution is 2.32. The molecule has 6 heteroatoms. The maximum absolute atomic E-state index is 12.9. The van der Waals surface area contributed by atoms with E-state index in [1.165, 1.54) is 0 Å². The molecule has 1 aliphatic rings. The lowest BCUT2D eigenvalue weighted by molar-refractivity contribution is -0.123. The molecule has 1 fully saturated rings. The molecule has 0 bridgehead atoms. The molecule has 0 aliphatic heterocycles. The van der Waals surface area contributed by atoms with Crippen molar-refractivity contribution in [2.24, 2.45) is 5.92 Å². The van der Waals surface area contributed by atoms with Crippen molar-refractivity contribution >= 4 is 34.2 Å². The van der Waals surface area contributed by atoms with Crippen molar-refractivity contribution in [2.75, 3.05) is 5.32 Å². The standard InChI is InChI=1S/C22H27N3O3/c1-4-13(2)23-20(26)14(3)24-22(28)18-11-16-7-5-6-8-17(16)12-19(18)25-21(27)15-9-10-15/h5-8,11-15H,4,9-10H2,1-3H3,(H,23,26)(H,24,28)(H,25,27). The molecule has 3 amide bonds. The molecule has 148 valence electrons. The average Bonchev–Trinajstić information content (AvgIpc) is 3.52. The zero-order chi connectivity index (χ0) is 20.3. The van der Waals surface area contributed by atoms with Crippen LogP contribution in [0.2, 0.25) is 0 Å². The molecule has 28 heavy (non-hydrogen) atoms. The zero-order valence-electron chi connectivity index (χ0n) is 16.5. The lowest BCUT2D eigenvalue weighted by atomic mass is 10.0. The van der Waals surface area contributed by atoms with Crippen LogP contribution in [0.5, 0.6) is 0 Å². The molecule has 0 heterocycles. The Kier molecular flexibility index (Phi) is 5.97. The molecule has 6 nitrogen and oxygen atoms in total. The number of nitrogens with one attached hydrogen (secondary N) is 3. The SMILES string of the molecule is CCC(C)NC(=O)C(C)NC(=O)c1cc2ccccc2cc1NC(=O)C1CC1. The Morgan fingerprint density at radius 2 is 1.68 bits per heavy atom. The normalized spacial score (nSPS) is 15.5. The summed E-state index contributed by atoms with van der Waals surface area (Å²) in [4.78, 5) is 37.4. The minimum atomic E-state index is -0.681. The number of benzene rings is 2. The van der Waals surface area contributed by atoms with E-state index in [0.717, 1.165) is 30.0 Å². The molecule has 3 N–H and O–H groups in total. The smallest absolute Gasteiger partial charge is 0.254 e. The molecule has 1 aliphatic carbocycles. The summed E-state index contributed by atoms with van der Waals surface area (Å²) in [5, 5.41) is 10.3. The highest BCUT2D eigenvalue weighted by molar-refractivity contribution is 6.09. The van der Waals surface area contributed by atoms with E-state index < -0.39 is 6.04 Å². The van der Waals surface area contributed by atoms with Crippen LogP contribution in [0.3, 0.4) is 0 Å². The molecule has 0 aromatic heterocycles. The Balaban J connectivity index is 1.83. The van der Waals surface area contributed by atoms with Gasteiger partial charge in [0.2, 0.25) is 11.8 Å². The van der Waals surface area contributed by atoms with Crippen molar-refractivity contribution in [2.45, 2.75) is 52.1 Å². The summed E-state index contributed by atoms with van der Waals surface area (Å²) in [6.07, 6.45) is 2.58. The first-order chi connectivity index (χ1) is 13.4. The van der Waals surface area contributed by atoms with Gasteiger partial charge in [-0.05, 0) is 56.0 Å². The number of rotatable bonds is 7. The van der Waals surface area contributed by atoms with Gasteiger partial charge in [0.1, 0.15) is 6.04 Å². The van der Waals surface area contributed by atoms with Gasteiger partial charge in [0, 0.05) is 12.0 Å². The predicted molar refractivity (Wildman–Crippen MR) is 110 cm³/mol. The summed E-state index contributed by atoms with van der Waals surface area (Å²) < 4.78 is 0. The lowest BCUT2D eigenvalue weighted by Crippen LogP contribution is -2.47. The summed E-state index contributed by atoms with van der Waals surface area (Å²) >= 11 is 0. The Hall–Kier alpha value is -2.89. The van der Waals surface area contributed by atoms with Crippen molar-refractivity contribution in [3.63, 3.8) is 0 Å². The summed E-state index contributed by atoms with van der Waals surface area (Å²) in [6, 6.07) is 10.6. The van der Waals surface area contributed by atoms with Gasteiger partial charge in [0.15, 0.2) is 0 Å². The molecule has 1 saturated carbocycles. The van der Waals surface area contributed by atoms with Crippen molar-refractivity contribution < 1.29 is 14.4 Å². The maximum Gasteiger partial charge on any atom is 0.254 e. The minimum absolute atomic E-state index is 0.0302. The van der Waals surface area contributed by atoms with Crippen LogP contribution in [-0.2, 0) is 9.59 Å². The number of hydrogen-bond acceptors (Lipinski definition) is 3. The van der Waals surface area contributed by atoms with E-state index in [1.807, 2.05) is 44.2 Å². The Bertz CT molecular complexity index is 905. The van der Waals surface area contributed by atoms with Gasteiger partial charge >= 0.3 is 0 Å². The number of anilines is 1. The van der Waals surface area contributed by atoms with Crippen LogP contribution >= 0.6 is 0 Å². The first-order valence-corrected chi connectivity index (χ1v) is 9.84. The van der Waals surface area contributed by atoms with Gasteiger partial charge in [-0.25, -0.2) is 0 Å². The first kappa shape index (κ1) is 19.9. The van der Waals surface area contributed by atoms with E-state index in [1.54, 1.807) is 13.0 Å². The van der Waals surface area contributed by atoms with E-state index in [2.05, 4.69) is 16.0 Å². The van der Waals surface area contributed by atoms with E-state index in [-0.39, 0.29) is 29.7 Å². The van der Waals surface area contributed by atoms with E-state index >= 15 is 0 Å². The van der Waals surface area contributed by atoms with Gasteiger partial charge in [0.05, 0.1) is 11.3 Å². The molecule has 2 aromatic rings. The van der Waals surface area contributed by atoms with Crippen molar-refractivity contribution in [1.29, 1.82) is 0 Å². The zero-order valence-corrected chi connectivity index (χ0v) is 16.5. The molecular formula is C22H27N3O3. The molecule has 2 atom stereocenters. The molecule has 0 saturated heterocycles. The van der Waals surface area contributed by atoms with E-state index in [4.69, 9.17) is 0 Å². The van der Waals surface area contributed by atoms with Gasteiger partial charge in [-0.3, -0.25) is 14.4 Å². The van der Waals surface area contributed by atoms with Gasteiger partial charge in [-0.15, -0.1) is 0 Å². The number of hydrogen-bond donors (Lipinski definition) is 3. The maximum atomic E-state index is 12.9. The lowest BCUT2D eigenvalue weighted by Gasteiger charge is -2.19. The van der Waals surface area contributed by atoms with Crippen LogP contribution in [0.15, 0.2) is 36.4 Å². The third kappa shape index (κ3) is 4.68. The quantitative estimate of drug-likeness (QED) is 0.688. The van der Waals surface area contributed by atoms with Crippen molar-refractivity contribution in [1.82, 2.24) is 10.6 Å². The summed E-state index contributed by atoms with van der Waals surface area (Å²) in [6.45, 7) is 5.55. The van der Waals surface area contributed by atoms with Crippen LogP contribution in [0.25, 0.3) is 10.8 Å². The van der Waals surface area contributed by atoms with Crippen LogP contribution in [0.1, 0.15) is 50.4 Å². The molecule has 0 spiro atoms. The fraction of sp³-hybridized carbons (Fsp3) is 0.409. The van der Waals surface area contributed by atoms with Gasteiger partial charge < -0.3 is 16.0 Å². The summed E-state index contributed by atoms with van der Waals surface area (Å²) in [5.74, 6) is -0.648. The molecule has 2 unspecified atom stereocenters. The third-order valence-electron chi connectivity index (χ3n) is 5.08. The van der Waals surface area contributed by atoms with E-state index in [0.29, 0.717) is 11.3 Å². The van der Waals surface area contributed by atoms with Crippen LogP contribution < -0.4 is 16.0 Å². The predicted octanol–water partition coefficient (Wildman–Crippen LogP) is 3.22. The second-order valence-corrected chi connectivity index (χ2v) is 7.52. The fourth-order valence-corrected chi connectivity index (χ4v) is 2.92. The summed E-state index contributed by atoms with van der Waals surface area (Å²) in [7, 11) is 0. The number of carbonyl (C=O) groups is 3. The Labute approximate surface area is 165 Å². The number of fused-ring (bicyclic) bond motifs is 1. The molecule has 2 aromatic carbocycles. The van der Waals surface area contributed by atoms with Gasteiger partial charge in [-0.1, -0.05) is 31.2 Å².